The summed E-state index contributed by atoms with van der Waals surface area (Å²) in [6.45, 7) is 7.16. The van der Waals surface area contributed by atoms with E-state index in [1.807, 2.05) is 43.0 Å². The molecule has 23 heavy (non-hydrogen) atoms. The fourth-order valence-corrected chi connectivity index (χ4v) is 2.79. The Morgan fingerprint density at radius 2 is 1.74 bits per heavy atom. The van der Waals surface area contributed by atoms with Gasteiger partial charge in [-0.3, -0.25) is 4.98 Å². The first-order valence-corrected chi connectivity index (χ1v) is 7.91. The number of amides is 2. The molecule has 1 fully saturated rings. The fourth-order valence-electron chi connectivity index (χ4n) is 2.79. The Labute approximate surface area is 136 Å². The lowest BCUT2D eigenvalue weighted by Gasteiger charge is -2.36. The van der Waals surface area contributed by atoms with Gasteiger partial charge in [-0.25, -0.2) is 4.79 Å². The highest BCUT2D eigenvalue weighted by atomic mass is 16.2. The van der Waals surface area contributed by atoms with Crippen LogP contribution in [0.3, 0.4) is 0 Å². The monoisotopic (exact) mass is 310 g/mol. The number of rotatable bonds is 2. The van der Waals surface area contributed by atoms with Crippen molar-refractivity contribution in [2.75, 3.05) is 36.4 Å². The van der Waals surface area contributed by atoms with E-state index in [-0.39, 0.29) is 6.03 Å². The van der Waals surface area contributed by atoms with Crippen molar-refractivity contribution in [1.29, 1.82) is 0 Å². The summed E-state index contributed by atoms with van der Waals surface area (Å²) in [6.07, 6.45) is 3.60. The van der Waals surface area contributed by atoms with Crippen LogP contribution >= 0.6 is 0 Å². The third kappa shape index (κ3) is 3.62. The number of piperazine rings is 1. The second kappa shape index (κ2) is 6.69. The van der Waals surface area contributed by atoms with Gasteiger partial charge in [0, 0.05) is 49.9 Å². The highest BCUT2D eigenvalue weighted by Gasteiger charge is 2.21. The zero-order chi connectivity index (χ0) is 16.2. The summed E-state index contributed by atoms with van der Waals surface area (Å²) in [6, 6.07) is 10.1. The Kier molecular flexibility index (Phi) is 4.46. The molecule has 0 radical (unpaired) electrons. The molecule has 0 saturated carbocycles. The topological polar surface area (TPSA) is 48.5 Å². The molecule has 0 bridgehead atoms. The SMILES string of the molecule is Cc1ccc(C)c(NC(=O)N2CCN(c3ccncc3)CC2)c1. The predicted molar refractivity (Wildman–Crippen MR) is 93.0 cm³/mol. The molecule has 1 saturated heterocycles. The Balaban J connectivity index is 1.59. The molecule has 0 aliphatic carbocycles. The summed E-state index contributed by atoms with van der Waals surface area (Å²) in [4.78, 5) is 20.7. The molecule has 1 aromatic carbocycles. The second-order valence-electron chi connectivity index (χ2n) is 5.93. The number of aryl methyl sites for hydroxylation is 2. The quantitative estimate of drug-likeness (QED) is 0.927. The van der Waals surface area contributed by atoms with Crippen LogP contribution in [0.4, 0.5) is 16.2 Å². The number of pyridine rings is 1. The summed E-state index contributed by atoms with van der Waals surface area (Å²) in [5, 5.41) is 3.03. The number of carbonyl (C=O) groups is 1. The number of hydrogen-bond acceptors (Lipinski definition) is 3. The van der Waals surface area contributed by atoms with E-state index < -0.39 is 0 Å². The van der Waals surface area contributed by atoms with Gasteiger partial charge in [-0.2, -0.15) is 0 Å². The Morgan fingerprint density at radius 1 is 1.04 bits per heavy atom. The van der Waals surface area contributed by atoms with Crippen molar-refractivity contribution in [3.8, 4) is 0 Å². The van der Waals surface area contributed by atoms with Gasteiger partial charge < -0.3 is 15.1 Å². The molecular weight excluding hydrogens is 288 g/mol. The first kappa shape index (κ1) is 15.3. The molecule has 0 unspecified atom stereocenters. The molecular formula is C18H22N4O. The minimum Gasteiger partial charge on any atom is -0.368 e. The maximum absolute atomic E-state index is 12.5. The molecule has 0 spiro atoms. The highest BCUT2D eigenvalue weighted by Crippen LogP contribution is 2.18. The van der Waals surface area contributed by atoms with Crippen LogP contribution in [0.2, 0.25) is 0 Å². The van der Waals surface area contributed by atoms with E-state index >= 15 is 0 Å². The fraction of sp³-hybridized carbons (Fsp3) is 0.333. The molecule has 2 heterocycles. The van der Waals surface area contributed by atoms with Crippen LogP contribution in [-0.4, -0.2) is 42.1 Å². The van der Waals surface area contributed by atoms with Gasteiger partial charge in [0.05, 0.1) is 0 Å². The molecule has 1 N–H and O–H groups in total. The smallest absolute Gasteiger partial charge is 0.321 e. The minimum absolute atomic E-state index is 0.0203. The number of aromatic nitrogens is 1. The molecule has 5 heteroatoms. The minimum atomic E-state index is -0.0203. The van der Waals surface area contributed by atoms with Crippen molar-refractivity contribution in [2.45, 2.75) is 13.8 Å². The number of urea groups is 1. The van der Waals surface area contributed by atoms with Crippen molar-refractivity contribution in [1.82, 2.24) is 9.88 Å². The molecule has 2 aromatic rings. The number of carbonyl (C=O) groups excluding carboxylic acids is 1. The van der Waals surface area contributed by atoms with Crippen molar-refractivity contribution in [2.24, 2.45) is 0 Å². The summed E-state index contributed by atoms with van der Waals surface area (Å²) >= 11 is 0. The van der Waals surface area contributed by atoms with E-state index in [0.29, 0.717) is 0 Å². The first-order chi connectivity index (χ1) is 11.1. The zero-order valence-electron chi connectivity index (χ0n) is 13.6. The Hall–Kier alpha value is -2.56. The first-order valence-electron chi connectivity index (χ1n) is 7.91. The van der Waals surface area contributed by atoms with Gasteiger partial charge in [-0.1, -0.05) is 12.1 Å². The van der Waals surface area contributed by atoms with Gasteiger partial charge in [0.1, 0.15) is 0 Å². The molecule has 3 rings (SSSR count). The van der Waals surface area contributed by atoms with Crippen LogP contribution in [0, 0.1) is 13.8 Å². The standard InChI is InChI=1S/C18H22N4O/c1-14-3-4-15(2)17(13-14)20-18(23)22-11-9-21(10-12-22)16-5-7-19-8-6-16/h3-8,13H,9-12H2,1-2H3,(H,20,23). The van der Waals surface area contributed by atoms with Crippen molar-refractivity contribution in [3.63, 3.8) is 0 Å². The second-order valence-corrected chi connectivity index (χ2v) is 5.93. The van der Waals surface area contributed by atoms with Gasteiger partial charge in [-0.15, -0.1) is 0 Å². The maximum Gasteiger partial charge on any atom is 0.321 e. The van der Waals surface area contributed by atoms with Gasteiger partial charge in [0.25, 0.3) is 0 Å². The van der Waals surface area contributed by atoms with Crippen molar-refractivity contribution in [3.05, 3.63) is 53.9 Å². The zero-order valence-corrected chi connectivity index (χ0v) is 13.6. The Bertz CT molecular complexity index is 679. The number of hydrogen-bond donors (Lipinski definition) is 1. The molecule has 120 valence electrons. The predicted octanol–water partition coefficient (Wildman–Crippen LogP) is 3.05. The largest absolute Gasteiger partial charge is 0.368 e. The average molecular weight is 310 g/mol. The van der Waals surface area contributed by atoms with Crippen LogP contribution in [0.25, 0.3) is 0 Å². The normalized spacial score (nSPS) is 14.7. The van der Waals surface area contributed by atoms with E-state index in [0.717, 1.165) is 48.7 Å². The summed E-state index contributed by atoms with van der Waals surface area (Å²) in [5.41, 5.74) is 4.29. The lowest BCUT2D eigenvalue weighted by molar-refractivity contribution is 0.208. The van der Waals surface area contributed by atoms with E-state index in [4.69, 9.17) is 0 Å². The number of nitrogens with one attached hydrogen (secondary N) is 1. The molecule has 0 atom stereocenters. The number of anilines is 2. The van der Waals surface area contributed by atoms with Crippen molar-refractivity contribution < 1.29 is 4.79 Å². The summed E-state index contributed by atoms with van der Waals surface area (Å²) in [7, 11) is 0. The lowest BCUT2D eigenvalue weighted by atomic mass is 10.1. The molecule has 1 aliphatic heterocycles. The van der Waals surface area contributed by atoms with Gasteiger partial charge in [-0.05, 0) is 43.2 Å². The Morgan fingerprint density at radius 3 is 2.43 bits per heavy atom. The molecule has 1 aliphatic rings. The van der Waals surface area contributed by atoms with Crippen LogP contribution in [-0.2, 0) is 0 Å². The van der Waals surface area contributed by atoms with Crippen LogP contribution in [0.5, 0.6) is 0 Å². The maximum atomic E-state index is 12.5. The highest BCUT2D eigenvalue weighted by molar-refractivity contribution is 5.90. The van der Waals surface area contributed by atoms with Crippen LogP contribution in [0.1, 0.15) is 11.1 Å². The van der Waals surface area contributed by atoms with E-state index in [9.17, 15) is 4.79 Å². The third-order valence-corrected chi connectivity index (χ3v) is 4.23. The van der Waals surface area contributed by atoms with E-state index in [2.05, 4.69) is 21.3 Å². The lowest BCUT2D eigenvalue weighted by Crippen LogP contribution is -2.50. The van der Waals surface area contributed by atoms with E-state index in [1.54, 1.807) is 12.4 Å². The van der Waals surface area contributed by atoms with Crippen LogP contribution < -0.4 is 10.2 Å². The number of nitrogens with zero attached hydrogens (tertiary/aromatic N) is 3. The van der Waals surface area contributed by atoms with E-state index in [1.165, 1.54) is 0 Å². The summed E-state index contributed by atoms with van der Waals surface area (Å²) in [5.74, 6) is 0. The van der Waals surface area contributed by atoms with Crippen LogP contribution in [0.15, 0.2) is 42.7 Å². The van der Waals surface area contributed by atoms with Gasteiger partial charge in [0.2, 0.25) is 0 Å². The summed E-state index contributed by atoms with van der Waals surface area (Å²) < 4.78 is 0. The number of benzene rings is 1. The van der Waals surface area contributed by atoms with Gasteiger partial charge >= 0.3 is 6.03 Å². The van der Waals surface area contributed by atoms with Gasteiger partial charge in [0.15, 0.2) is 0 Å². The molecule has 5 nitrogen and oxygen atoms in total. The average Bonchev–Trinajstić information content (AvgIpc) is 2.59. The molecule has 1 aromatic heterocycles. The third-order valence-electron chi connectivity index (χ3n) is 4.23. The van der Waals surface area contributed by atoms with Crippen molar-refractivity contribution >= 4 is 17.4 Å². The molecule has 2 amide bonds.